The number of H-pyrrole nitrogens is 1. The number of rotatable bonds is 6. The Labute approximate surface area is 180 Å². The van der Waals surface area contributed by atoms with Crippen LogP contribution in [0.25, 0.3) is 11.0 Å². The van der Waals surface area contributed by atoms with E-state index in [2.05, 4.69) is 37.8 Å². The van der Waals surface area contributed by atoms with Crippen LogP contribution in [-0.2, 0) is 0 Å². The molecule has 1 fully saturated rings. The minimum Gasteiger partial charge on any atom is -0.337 e. The third-order valence-electron chi connectivity index (χ3n) is 6.08. The first-order valence-corrected chi connectivity index (χ1v) is 10.9. The number of tetrazole rings is 1. The molecule has 0 aliphatic carbocycles. The lowest BCUT2D eigenvalue weighted by atomic mass is 9.96. The molecule has 0 radical (unpaired) electrons. The fourth-order valence-electron chi connectivity index (χ4n) is 4.40. The van der Waals surface area contributed by atoms with Crippen LogP contribution in [0, 0.1) is 5.92 Å². The number of amides is 1. The summed E-state index contributed by atoms with van der Waals surface area (Å²) in [7, 11) is 0. The second-order valence-electron chi connectivity index (χ2n) is 8.67. The Bertz CT molecular complexity index is 1080. The van der Waals surface area contributed by atoms with E-state index >= 15 is 0 Å². The molecular weight excluding hydrogens is 396 g/mol. The minimum absolute atomic E-state index is 0.0226. The number of piperidine rings is 1. The third-order valence-corrected chi connectivity index (χ3v) is 6.08. The zero-order chi connectivity index (χ0) is 22.0. The van der Waals surface area contributed by atoms with Gasteiger partial charge in [0, 0.05) is 25.0 Å². The number of carbonyl (C=O) groups excluding carboxylic acids is 1. The molecule has 1 saturated heterocycles. The van der Waals surface area contributed by atoms with E-state index in [0.717, 1.165) is 43.8 Å². The van der Waals surface area contributed by atoms with Gasteiger partial charge >= 0.3 is 11.7 Å². The highest BCUT2D eigenvalue weighted by Gasteiger charge is 2.24. The first-order valence-electron chi connectivity index (χ1n) is 10.9. The van der Waals surface area contributed by atoms with Crippen molar-refractivity contribution in [3.8, 4) is 0 Å². The van der Waals surface area contributed by atoms with Gasteiger partial charge in [-0.1, -0.05) is 24.3 Å². The number of likely N-dealkylation sites (tertiary alicyclic amines) is 1. The molecule has 2 aromatic heterocycles. The molecule has 0 bridgehead atoms. The number of aromatic nitrogens is 6. The highest BCUT2D eigenvalue weighted by atomic mass is 16.2. The van der Waals surface area contributed by atoms with Crippen molar-refractivity contribution in [1.29, 1.82) is 0 Å². The quantitative estimate of drug-likeness (QED) is 0.623. The maximum atomic E-state index is 12.9. The number of hydrogen-bond acceptors (Lipinski definition) is 6. The number of nitrogens with one attached hydrogen (secondary N) is 2. The lowest BCUT2D eigenvalue weighted by Gasteiger charge is -2.33. The number of imidazole rings is 1. The second-order valence-corrected chi connectivity index (χ2v) is 8.67. The van der Waals surface area contributed by atoms with Crippen LogP contribution in [0.3, 0.4) is 0 Å². The summed E-state index contributed by atoms with van der Waals surface area (Å²) in [6.07, 6.45) is 2.00. The zero-order valence-corrected chi connectivity index (χ0v) is 18.3. The van der Waals surface area contributed by atoms with E-state index in [1.807, 2.05) is 38.1 Å². The van der Waals surface area contributed by atoms with Crippen molar-refractivity contribution in [3.05, 3.63) is 40.6 Å². The Morgan fingerprint density at radius 2 is 1.90 bits per heavy atom. The summed E-state index contributed by atoms with van der Waals surface area (Å²) in [5.74, 6) is 1.36. The topological polar surface area (TPSA) is 114 Å². The number of carbonyl (C=O) groups is 1. The summed E-state index contributed by atoms with van der Waals surface area (Å²) in [4.78, 5) is 28.2. The summed E-state index contributed by atoms with van der Waals surface area (Å²) in [5.41, 5.74) is 1.13. The van der Waals surface area contributed by atoms with Crippen LogP contribution in [0.1, 0.15) is 51.4 Å². The maximum absolute atomic E-state index is 12.9. The number of para-hydroxylation sites is 2. The highest BCUT2D eigenvalue weighted by Crippen LogP contribution is 2.20. The van der Waals surface area contributed by atoms with Crippen molar-refractivity contribution in [1.82, 2.24) is 40.0 Å². The van der Waals surface area contributed by atoms with Crippen molar-refractivity contribution in [3.63, 3.8) is 0 Å². The van der Waals surface area contributed by atoms with E-state index in [-0.39, 0.29) is 23.7 Å². The molecule has 0 spiro atoms. The average Bonchev–Trinajstić information content (AvgIpc) is 3.39. The van der Waals surface area contributed by atoms with Crippen molar-refractivity contribution in [2.75, 3.05) is 26.2 Å². The summed E-state index contributed by atoms with van der Waals surface area (Å²) < 4.78 is 2.93. The Morgan fingerprint density at radius 3 is 2.55 bits per heavy atom. The van der Waals surface area contributed by atoms with Crippen LogP contribution >= 0.6 is 0 Å². The monoisotopic (exact) mass is 426 g/mol. The van der Waals surface area contributed by atoms with Gasteiger partial charge in [-0.2, -0.15) is 5.21 Å². The molecule has 10 heteroatoms. The number of fused-ring (bicyclic) bond motifs is 1. The van der Waals surface area contributed by atoms with Crippen LogP contribution in [-0.4, -0.2) is 66.9 Å². The number of benzene rings is 1. The van der Waals surface area contributed by atoms with Gasteiger partial charge in [0.15, 0.2) is 5.82 Å². The van der Waals surface area contributed by atoms with Gasteiger partial charge in [0.05, 0.1) is 11.0 Å². The van der Waals surface area contributed by atoms with Crippen LogP contribution in [0.2, 0.25) is 0 Å². The Hall–Kier alpha value is -3.01. The van der Waals surface area contributed by atoms with E-state index in [1.165, 1.54) is 4.57 Å². The summed E-state index contributed by atoms with van der Waals surface area (Å²) in [5, 5.41) is 17.3. The molecule has 1 aromatic carbocycles. The van der Waals surface area contributed by atoms with Crippen molar-refractivity contribution >= 4 is 17.1 Å². The normalized spacial score (nSPS) is 16.8. The number of nitrogens with zero attached hydrogens (tertiary/aromatic N) is 6. The molecule has 1 aliphatic heterocycles. The largest absolute Gasteiger partial charge is 0.337 e. The van der Waals surface area contributed by atoms with E-state index in [1.54, 1.807) is 4.57 Å². The van der Waals surface area contributed by atoms with Gasteiger partial charge in [-0.05, 0) is 57.8 Å². The predicted molar refractivity (Wildman–Crippen MR) is 117 cm³/mol. The Kier molecular flexibility index (Phi) is 6.17. The molecule has 1 amide bonds. The number of hydrogen-bond donors (Lipinski definition) is 2. The molecule has 1 atom stereocenters. The van der Waals surface area contributed by atoms with E-state index in [4.69, 9.17) is 0 Å². The fraction of sp³-hybridized carbons (Fsp3) is 0.571. The number of aromatic amines is 1. The highest BCUT2D eigenvalue weighted by molar-refractivity contribution is 5.89. The van der Waals surface area contributed by atoms with Crippen LogP contribution < -0.4 is 11.0 Å². The SMILES string of the molecule is CC(CN1CCC(CNC(=O)n2c(=O)n(C(C)C)c3ccccc32)CC1)c1nn[nH]n1. The van der Waals surface area contributed by atoms with Gasteiger partial charge in [0.2, 0.25) is 0 Å². The molecule has 31 heavy (non-hydrogen) atoms. The van der Waals surface area contributed by atoms with Gasteiger partial charge in [-0.3, -0.25) is 4.57 Å². The molecule has 2 N–H and O–H groups in total. The van der Waals surface area contributed by atoms with Crippen LogP contribution in [0.5, 0.6) is 0 Å². The molecule has 166 valence electrons. The molecule has 1 unspecified atom stereocenters. The van der Waals surface area contributed by atoms with E-state index < -0.39 is 0 Å². The molecule has 10 nitrogen and oxygen atoms in total. The molecule has 4 rings (SSSR count). The molecular formula is C21H30N8O2. The first-order chi connectivity index (χ1) is 15.0. The Balaban J connectivity index is 1.34. The predicted octanol–water partition coefficient (Wildman–Crippen LogP) is 1.97. The smallest absolute Gasteiger partial charge is 0.337 e. The zero-order valence-electron chi connectivity index (χ0n) is 18.3. The average molecular weight is 427 g/mol. The summed E-state index contributed by atoms with van der Waals surface area (Å²) in [6.45, 7) is 9.39. The molecule has 0 saturated carbocycles. The molecule has 1 aliphatic rings. The fourth-order valence-corrected chi connectivity index (χ4v) is 4.40. The molecule has 3 heterocycles. The van der Waals surface area contributed by atoms with E-state index in [9.17, 15) is 9.59 Å². The standard InChI is InChI=1S/C21H30N8O2/c1-14(2)28-17-6-4-5-7-18(17)29(21(28)31)20(30)22-12-16-8-10-27(11-9-16)13-15(3)19-23-25-26-24-19/h4-7,14-16H,8-13H2,1-3H3,(H,22,30)(H,23,24,25,26). The van der Waals surface area contributed by atoms with Gasteiger partial charge in [0.1, 0.15) is 0 Å². The first kappa shape index (κ1) is 21.2. The van der Waals surface area contributed by atoms with E-state index in [0.29, 0.717) is 18.0 Å². The van der Waals surface area contributed by atoms with Gasteiger partial charge < -0.3 is 10.2 Å². The van der Waals surface area contributed by atoms with Crippen LogP contribution in [0.15, 0.2) is 29.1 Å². The minimum atomic E-state index is -0.353. The summed E-state index contributed by atoms with van der Waals surface area (Å²) in [6, 6.07) is 7.06. The Morgan fingerprint density at radius 1 is 1.19 bits per heavy atom. The van der Waals surface area contributed by atoms with Crippen molar-refractivity contribution in [2.45, 2.75) is 45.6 Å². The van der Waals surface area contributed by atoms with Gasteiger partial charge in [-0.15, -0.1) is 10.2 Å². The molecule has 3 aromatic rings. The third kappa shape index (κ3) is 4.39. The second kappa shape index (κ2) is 9.01. The van der Waals surface area contributed by atoms with Gasteiger partial charge in [-0.25, -0.2) is 14.2 Å². The van der Waals surface area contributed by atoms with Crippen molar-refractivity contribution < 1.29 is 4.79 Å². The lowest BCUT2D eigenvalue weighted by molar-refractivity contribution is 0.173. The van der Waals surface area contributed by atoms with Gasteiger partial charge in [0.25, 0.3) is 0 Å². The lowest BCUT2D eigenvalue weighted by Crippen LogP contribution is -2.42. The maximum Gasteiger partial charge on any atom is 0.337 e. The van der Waals surface area contributed by atoms with Crippen molar-refractivity contribution in [2.24, 2.45) is 5.92 Å². The van der Waals surface area contributed by atoms with Crippen LogP contribution in [0.4, 0.5) is 4.79 Å². The summed E-state index contributed by atoms with van der Waals surface area (Å²) >= 11 is 0.